The number of aliphatic carboxylic acids is 1. The van der Waals surface area contributed by atoms with Crippen molar-refractivity contribution in [1.29, 1.82) is 0 Å². The van der Waals surface area contributed by atoms with E-state index in [1.54, 1.807) is 0 Å². The van der Waals surface area contributed by atoms with Gasteiger partial charge in [-0.15, -0.1) is 0 Å². The van der Waals surface area contributed by atoms with Crippen molar-refractivity contribution < 1.29 is 24.2 Å². The predicted octanol–water partition coefficient (Wildman–Crippen LogP) is -0.541. The normalized spacial score (nSPS) is 29.1. The number of hydrogen-bond donors (Lipinski definition) is 2. The van der Waals surface area contributed by atoms with Crippen molar-refractivity contribution in [2.75, 3.05) is 19.8 Å². The highest BCUT2D eigenvalue weighted by Gasteiger charge is 2.51. The number of carbonyl (C=O) groups excluding carboxylic acids is 2. The molecule has 1 unspecified atom stereocenters. The van der Waals surface area contributed by atoms with Crippen LogP contribution in [0.2, 0.25) is 0 Å². The van der Waals surface area contributed by atoms with E-state index in [4.69, 9.17) is 9.84 Å². The second kappa shape index (κ2) is 5.78. The highest BCUT2D eigenvalue weighted by molar-refractivity contribution is 5.93. The molecule has 0 aromatic carbocycles. The van der Waals surface area contributed by atoms with Gasteiger partial charge in [-0.3, -0.25) is 14.4 Å². The van der Waals surface area contributed by atoms with Gasteiger partial charge < -0.3 is 20.1 Å². The molecule has 2 fully saturated rings. The fourth-order valence-electron chi connectivity index (χ4n) is 2.42. The highest BCUT2D eigenvalue weighted by Crippen LogP contribution is 2.40. The summed E-state index contributed by atoms with van der Waals surface area (Å²) in [4.78, 5) is 36.7. The van der Waals surface area contributed by atoms with Gasteiger partial charge in [-0.25, -0.2) is 0 Å². The number of amides is 2. The van der Waals surface area contributed by atoms with Crippen LogP contribution >= 0.6 is 0 Å². The Morgan fingerprint density at radius 2 is 2.00 bits per heavy atom. The molecule has 7 nitrogen and oxygen atoms in total. The van der Waals surface area contributed by atoms with E-state index in [1.165, 1.54) is 4.90 Å². The number of nitrogens with one attached hydrogen (secondary N) is 1. The Labute approximate surface area is 117 Å². The highest BCUT2D eigenvalue weighted by atomic mass is 16.5. The predicted molar refractivity (Wildman–Crippen MR) is 68.8 cm³/mol. The third kappa shape index (κ3) is 3.09. The van der Waals surface area contributed by atoms with Crippen molar-refractivity contribution >= 4 is 17.8 Å². The van der Waals surface area contributed by atoms with Crippen molar-refractivity contribution in [3.8, 4) is 0 Å². The van der Waals surface area contributed by atoms with Crippen LogP contribution in [0, 0.1) is 11.8 Å². The average Bonchev–Trinajstić information content (AvgIpc) is 3.17. The molecule has 2 rings (SSSR count). The number of ether oxygens (including phenoxy) is 1. The topological polar surface area (TPSA) is 95.9 Å². The smallest absolute Gasteiger partial charge is 0.307 e. The summed E-state index contributed by atoms with van der Waals surface area (Å²) in [5.41, 5.74) is 0. The molecular weight excluding hydrogens is 264 g/mol. The van der Waals surface area contributed by atoms with Gasteiger partial charge in [0.15, 0.2) is 0 Å². The van der Waals surface area contributed by atoms with Gasteiger partial charge >= 0.3 is 5.97 Å². The standard InChI is InChI=1S/C13H20N2O5/c1-7(2)14-11(16)10-6-20-4-3-15(10)12(17)8-5-9(8)13(18)19/h7-10H,3-6H2,1-2H3,(H,14,16)(H,18,19)/t8-,9+,10?/m1/s1. The SMILES string of the molecule is CC(C)NC(=O)C1COCCN1C(=O)[C@@H]1C[C@@H]1C(=O)O. The summed E-state index contributed by atoms with van der Waals surface area (Å²) in [6.07, 6.45) is 0.365. The Hall–Kier alpha value is -1.63. The van der Waals surface area contributed by atoms with Crippen LogP contribution in [0.5, 0.6) is 0 Å². The summed E-state index contributed by atoms with van der Waals surface area (Å²) in [6, 6.07) is -0.678. The summed E-state index contributed by atoms with van der Waals surface area (Å²) in [5, 5.41) is 11.7. The zero-order chi connectivity index (χ0) is 14.9. The van der Waals surface area contributed by atoms with E-state index in [2.05, 4.69) is 5.32 Å². The lowest BCUT2D eigenvalue weighted by Crippen LogP contribution is -2.57. The zero-order valence-corrected chi connectivity index (χ0v) is 11.7. The summed E-state index contributed by atoms with van der Waals surface area (Å²) in [6.45, 7) is 4.55. The molecule has 0 aromatic heterocycles. The van der Waals surface area contributed by atoms with Gasteiger partial charge in [0.1, 0.15) is 6.04 Å². The van der Waals surface area contributed by atoms with Gasteiger partial charge in [-0.05, 0) is 20.3 Å². The molecule has 0 aromatic rings. The molecule has 2 amide bonds. The molecule has 0 spiro atoms. The van der Waals surface area contributed by atoms with E-state index in [1.807, 2.05) is 13.8 Å². The van der Waals surface area contributed by atoms with Crippen molar-refractivity contribution in [3.63, 3.8) is 0 Å². The Kier molecular flexibility index (Phi) is 4.27. The van der Waals surface area contributed by atoms with Crippen LogP contribution in [0.25, 0.3) is 0 Å². The van der Waals surface area contributed by atoms with Crippen LogP contribution in [-0.4, -0.2) is 59.6 Å². The Morgan fingerprint density at radius 1 is 1.30 bits per heavy atom. The summed E-state index contributed by atoms with van der Waals surface area (Å²) in [5.74, 6) is -2.52. The Balaban J connectivity index is 2.02. The molecule has 20 heavy (non-hydrogen) atoms. The third-order valence-electron chi connectivity index (χ3n) is 3.57. The first-order chi connectivity index (χ1) is 9.41. The summed E-state index contributed by atoms with van der Waals surface area (Å²) < 4.78 is 5.27. The first-order valence-corrected chi connectivity index (χ1v) is 6.83. The minimum absolute atomic E-state index is 0.0194. The number of carbonyl (C=O) groups is 3. The largest absolute Gasteiger partial charge is 0.481 e. The van der Waals surface area contributed by atoms with Crippen molar-refractivity contribution in [3.05, 3.63) is 0 Å². The van der Waals surface area contributed by atoms with E-state index in [0.717, 1.165) is 0 Å². The molecule has 1 aliphatic carbocycles. The monoisotopic (exact) mass is 284 g/mol. The molecule has 112 valence electrons. The Morgan fingerprint density at radius 3 is 2.55 bits per heavy atom. The van der Waals surface area contributed by atoms with Crippen LogP contribution in [0.15, 0.2) is 0 Å². The Bertz CT molecular complexity index is 423. The van der Waals surface area contributed by atoms with Crippen LogP contribution in [0.4, 0.5) is 0 Å². The maximum Gasteiger partial charge on any atom is 0.307 e. The number of carboxylic acid groups (broad SMARTS) is 1. The van der Waals surface area contributed by atoms with Crippen molar-refractivity contribution in [1.82, 2.24) is 10.2 Å². The number of hydrogen-bond acceptors (Lipinski definition) is 4. The molecule has 1 saturated heterocycles. The maximum atomic E-state index is 12.3. The number of nitrogens with zero attached hydrogens (tertiary/aromatic N) is 1. The van der Waals surface area contributed by atoms with Crippen LogP contribution < -0.4 is 5.32 Å². The molecule has 2 N–H and O–H groups in total. The van der Waals surface area contributed by atoms with Gasteiger partial charge in [-0.1, -0.05) is 0 Å². The van der Waals surface area contributed by atoms with E-state index < -0.39 is 23.8 Å². The molecule has 1 saturated carbocycles. The van der Waals surface area contributed by atoms with Gasteiger partial charge in [0, 0.05) is 12.6 Å². The fraction of sp³-hybridized carbons (Fsp3) is 0.769. The van der Waals surface area contributed by atoms with Crippen LogP contribution in [0.3, 0.4) is 0 Å². The molecule has 3 atom stereocenters. The van der Waals surface area contributed by atoms with Crippen molar-refractivity contribution in [2.45, 2.75) is 32.4 Å². The number of carboxylic acids is 1. The second-order valence-electron chi connectivity index (χ2n) is 5.57. The lowest BCUT2D eigenvalue weighted by Gasteiger charge is -2.35. The number of morpholine rings is 1. The molecule has 7 heteroatoms. The van der Waals surface area contributed by atoms with Gasteiger partial charge in [0.05, 0.1) is 25.0 Å². The maximum absolute atomic E-state index is 12.3. The first-order valence-electron chi connectivity index (χ1n) is 6.83. The van der Waals surface area contributed by atoms with E-state index in [9.17, 15) is 14.4 Å². The lowest BCUT2D eigenvalue weighted by molar-refractivity contribution is -0.151. The average molecular weight is 284 g/mol. The second-order valence-corrected chi connectivity index (χ2v) is 5.57. The van der Waals surface area contributed by atoms with Gasteiger partial charge in [-0.2, -0.15) is 0 Å². The summed E-state index contributed by atoms with van der Waals surface area (Å²) in [7, 11) is 0. The third-order valence-corrected chi connectivity index (χ3v) is 3.57. The van der Waals surface area contributed by atoms with Crippen LogP contribution in [-0.2, 0) is 19.1 Å². The van der Waals surface area contributed by atoms with Gasteiger partial charge in [0.25, 0.3) is 0 Å². The van der Waals surface area contributed by atoms with E-state index in [-0.39, 0.29) is 24.5 Å². The van der Waals surface area contributed by atoms with Crippen LogP contribution in [0.1, 0.15) is 20.3 Å². The van der Waals surface area contributed by atoms with Gasteiger partial charge in [0.2, 0.25) is 11.8 Å². The van der Waals surface area contributed by atoms with Crippen molar-refractivity contribution in [2.24, 2.45) is 11.8 Å². The molecule has 0 bridgehead atoms. The zero-order valence-electron chi connectivity index (χ0n) is 11.7. The summed E-state index contributed by atoms with van der Waals surface area (Å²) >= 11 is 0. The molecule has 2 aliphatic rings. The lowest BCUT2D eigenvalue weighted by atomic mass is 10.1. The van der Waals surface area contributed by atoms with E-state index >= 15 is 0 Å². The molecule has 0 radical (unpaired) electrons. The fourth-order valence-corrected chi connectivity index (χ4v) is 2.42. The minimum atomic E-state index is -0.945. The quantitative estimate of drug-likeness (QED) is 0.723. The van der Waals surface area contributed by atoms with E-state index in [0.29, 0.717) is 19.6 Å². The molecule has 1 heterocycles. The number of rotatable bonds is 4. The molecule has 1 aliphatic heterocycles. The minimum Gasteiger partial charge on any atom is -0.481 e. The first kappa shape index (κ1) is 14.8. The molecular formula is C13H20N2O5.